The number of rotatable bonds is 4. The van der Waals surface area contributed by atoms with E-state index in [1.54, 1.807) is 0 Å². The molecular weight excluding hydrogens is 309 g/mol. The van der Waals surface area contributed by atoms with Gasteiger partial charge in [-0.3, -0.25) is 0 Å². The zero-order valence-electron chi connectivity index (χ0n) is 9.75. The minimum Gasteiger partial charge on any atom is 1.00 e. The van der Waals surface area contributed by atoms with Gasteiger partial charge in [0.2, 0.25) is 0 Å². The monoisotopic (exact) mass is 318 g/mol. The van der Waals surface area contributed by atoms with Crippen molar-refractivity contribution in [1.29, 1.82) is 0 Å². The van der Waals surface area contributed by atoms with E-state index in [0.29, 0.717) is 5.56 Å². The van der Waals surface area contributed by atoms with Gasteiger partial charge >= 0.3 is 148 Å². The zero-order valence-corrected chi connectivity index (χ0v) is 15.6. The second-order valence-electron chi connectivity index (χ2n) is 3.06. The average molecular weight is 318 g/mol. The third-order valence-corrected chi connectivity index (χ3v) is 3.88. The quantitative estimate of drug-likeness (QED) is 0.556. The second kappa shape index (κ2) is 8.97. The van der Waals surface area contributed by atoms with Gasteiger partial charge in [-0.1, -0.05) is 0 Å². The van der Waals surface area contributed by atoms with Crippen molar-refractivity contribution in [2.24, 2.45) is 0 Å². The maximum absolute atomic E-state index is 10.8. The summed E-state index contributed by atoms with van der Waals surface area (Å²) in [6.45, 7) is 0. The number of hydrogen-bond acceptors (Lipinski definition) is 4. The summed E-state index contributed by atoms with van der Waals surface area (Å²) in [5.74, 6) is -1.15. The predicted molar refractivity (Wildman–Crippen MR) is 48.1 cm³/mol. The van der Waals surface area contributed by atoms with E-state index in [1.165, 1.54) is 24.3 Å². The number of benzene rings is 1. The Kier molecular flexibility index (Phi) is 10.7. The molecule has 0 aliphatic heterocycles. The van der Waals surface area contributed by atoms with Gasteiger partial charge < -0.3 is 0 Å². The molecule has 5 nitrogen and oxygen atoms in total. The summed E-state index contributed by atoms with van der Waals surface area (Å²) in [6, 6.07) is 5.47. The molecule has 0 aromatic heterocycles. The first-order chi connectivity index (χ1) is 6.89. The van der Waals surface area contributed by atoms with Crippen LogP contribution in [-0.2, 0) is 15.0 Å². The molecule has 1 rings (SSSR count). The van der Waals surface area contributed by atoms with E-state index in [-0.39, 0.29) is 76.3 Å². The molecule has 0 bridgehead atoms. The Labute approximate surface area is 146 Å². The van der Waals surface area contributed by atoms with Crippen LogP contribution in [0.5, 0.6) is 0 Å². The zero-order chi connectivity index (χ0) is 11.5. The van der Waals surface area contributed by atoms with Gasteiger partial charge in [-0.25, -0.2) is 0 Å². The molecule has 82 valence electrons. The summed E-state index contributed by atoms with van der Waals surface area (Å²) in [6.07, 6.45) is 0.169. The number of carboxylic acids is 1. The molecule has 1 unspecified atom stereocenters. The van der Waals surface area contributed by atoms with Gasteiger partial charge in [0.25, 0.3) is 0 Å². The summed E-state index contributed by atoms with van der Waals surface area (Å²) in [4.78, 5) is 10.2. The first kappa shape index (κ1) is 20.3. The summed E-state index contributed by atoms with van der Waals surface area (Å²) < 4.78 is 30.1. The number of carbonyl (C=O) groups is 1. The second-order valence-corrected chi connectivity index (χ2v) is 6.33. The summed E-state index contributed by atoms with van der Waals surface area (Å²) in [7, 11) is 0. The Morgan fingerprint density at radius 2 is 1.71 bits per heavy atom. The minimum atomic E-state index is -5.06. The SMILES string of the molecule is O=C([O-])CCc1ccc([As](=O)([O-])O)cc1.[Na+].[Na+]. The Morgan fingerprint density at radius 1 is 1.24 bits per heavy atom. The van der Waals surface area contributed by atoms with Gasteiger partial charge in [-0.15, -0.1) is 0 Å². The molecule has 17 heavy (non-hydrogen) atoms. The van der Waals surface area contributed by atoms with Gasteiger partial charge in [0.05, 0.1) is 0 Å². The molecular formula is C9H9AsNa2O5. The number of carboxylic acid groups (broad SMARTS) is 1. The minimum absolute atomic E-state index is 0. The summed E-state index contributed by atoms with van der Waals surface area (Å²) in [5.41, 5.74) is 0.687. The molecule has 0 saturated carbocycles. The van der Waals surface area contributed by atoms with Gasteiger partial charge in [0.15, 0.2) is 0 Å². The van der Waals surface area contributed by atoms with Gasteiger partial charge in [0, 0.05) is 0 Å². The largest absolute Gasteiger partial charge is 1.00 e. The third kappa shape index (κ3) is 7.88. The van der Waals surface area contributed by atoms with E-state index < -0.39 is 20.1 Å². The summed E-state index contributed by atoms with van der Waals surface area (Å²) in [5, 5.41) is 10.2. The molecule has 0 aliphatic carbocycles. The number of aliphatic carboxylic acids is 1. The number of aryl methyl sites for hydroxylation is 1. The van der Waals surface area contributed by atoms with Crippen LogP contribution in [0, 0.1) is 0 Å². The smallest absolute Gasteiger partial charge is 1.00 e. The molecule has 0 radical (unpaired) electrons. The van der Waals surface area contributed by atoms with E-state index in [2.05, 4.69) is 0 Å². The Bertz CT molecular complexity index is 400. The van der Waals surface area contributed by atoms with E-state index >= 15 is 0 Å². The van der Waals surface area contributed by atoms with E-state index in [0.717, 1.165) is 0 Å². The van der Waals surface area contributed by atoms with Crippen molar-refractivity contribution >= 4 is 24.5 Å². The van der Waals surface area contributed by atoms with Crippen molar-refractivity contribution in [2.75, 3.05) is 0 Å². The standard InChI is InChI=1S/C9H11AsO5.2Na/c11-9(12)6-3-7-1-4-8(5-2-7)10(13,14)15;;/h1-2,4-5H,3,6H2,(H,11,12)(H2,13,14,15);;/q;2*+1/p-2. The number of hydrogen-bond donors (Lipinski definition) is 1. The Morgan fingerprint density at radius 3 is 2.06 bits per heavy atom. The van der Waals surface area contributed by atoms with Crippen molar-refractivity contribution in [3.8, 4) is 0 Å². The molecule has 1 atom stereocenters. The first-order valence-corrected chi connectivity index (χ1v) is 7.54. The molecule has 8 heteroatoms. The molecule has 0 heterocycles. The van der Waals surface area contributed by atoms with E-state index in [9.17, 15) is 17.7 Å². The molecule has 0 aliphatic rings. The molecule has 1 aromatic carbocycles. The van der Waals surface area contributed by atoms with Gasteiger partial charge in [0.1, 0.15) is 0 Å². The topological polar surface area (TPSA) is 100 Å². The van der Waals surface area contributed by atoms with Crippen molar-refractivity contribution < 1.29 is 80.9 Å². The molecule has 0 saturated heterocycles. The van der Waals surface area contributed by atoms with Crippen LogP contribution >= 0.6 is 0 Å². The molecule has 1 aromatic rings. The van der Waals surface area contributed by atoms with Crippen LogP contribution in [0.4, 0.5) is 0 Å². The van der Waals surface area contributed by atoms with Crippen molar-refractivity contribution in [3.63, 3.8) is 0 Å². The maximum atomic E-state index is 10.8. The van der Waals surface area contributed by atoms with Crippen LogP contribution < -0.4 is 72.7 Å². The normalized spacial score (nSPS) is 12.8. The molecule has 0 amide bonds. The van der Waals surface area contributed by atoms with Gasteiger partial charge in [-0.05, 0) is 0 Å². The average Bonchev–Trinajstić information content (AvgIpc) is 2.14. The summed E-state index contributed by atoms with van der Waals surface area (Å²) >= 11 is -5.06. The van der Waals surface area contributed by atoms with Crippen LogP contribution in [0.15, 0.2) is 24.3 Å². The first-order valence-electron chi connectivity index (χ1n) is 4.23. The number of carbonyl (C=O) groups excluding carboxylic acids is 1. The fourth-order valence-electron chi connectivity index (χ4n) is 1.10. The van der Waals surface area contributed by atoms with Crippen molar-refractivity contribution in [1.82, 2.24) is 0 Å². The van der Waals surface area contributed by atoms with E-state index in [1.807, 2.05) is 0 Å². The van der Waals surface area contributed by atoms with Crippen LogP contribution in [-0.4, -0.2) is 24.2 Å². The Balaban J connectivity index is 0. The van der Waals surface area contributed by atoms with Crippen LogP contribution in [0.1, 0.15) is 12.0 Å². The molecule has 1 N–H and O–H groups in total. The Hall–Kier alpha value is 0.968. The molecule has 0 spiro atoms. The fraction of sp³-hybridized carbons (Fsp3) is 0.222. The van der Waals surface area contributed by atoms with Crippen LogP contribution in [0.2, 0.25) is 0 Å². The molecule has 0 fully saturated rings. The van der Waals surface area contributed by atoms with Gasteiger partial charge in [-0.2, -0.15) is 0 Å². The third-order valence-electron chi connectivity index (χ3n) is 1.88. The van der Waals surface area contributed by atoms with Crippen molar-refractivity contribution in [2.45, 2.75) is 12.8 Å². The fourth-order valence-corrected chi connectivity index (χ4v) is 2.20. The van der Waals surface area contributed by atoms with Crippen LogP contribution in [0.25, 0.3) is 0 Å². The predicted octanol–water partition coefficient (Wildman–Crippen LogP) is -8.69. The van der Waals surface area contributed by atoms with Crippen molar-refractivity contribution in [3.05, 3.63) is 29.8 Å². The maximum Gasteiger partial charge on any atom is 1.00 e. The van der Waals surface area contributed by atoms with Crippen LogP contribution in [0.3, 0.4) is 0 Å². The van der Waals surface area contributed by atoms with E-state index in [4.69, 9.17) is 4.10 Å².